The number of carbonyl (C=O) groups is 1. The van der Waals surface area contributed by atoms with Crippen molar-refractivity contribution in [2.24, 2.45) is 5.10 Å². The van der Waals surface area contributed by atoms with Crippen LogP contribution in [0.2, 0.25) is 0 Å². The Bertz CT molecular complexity index is 838. The number of hydrogen-bond acceptors (Lipinski definition) is 3. The minimum atomic E-state index is -0.480. The molecule has 0 aliphatic heterocycles. The van der Waals surface area contributed by atoms with Crippen LogP contribution in [-0.4, -0.2) is 22.2 Å². The smallest absolute Gasteiger partial charge is 0.275 e. The summed E-state index contributed by atoms with van der Waals surface area (Å²) in [7, 11) is 0. The fourth-order valence-corrected chi connectivity index (χ4v) is 2.44. The third-order valence-corrected chi connectivity index (χ3v) is 3.62. The predicted molar refractivity (Wildman–Crippen MR) is 89.2 cm³/mol. The average Bonchev–Trinajstić information content (AvgIpc) is 2.92. The summed E-state index contributed by atoms with van der Waals surface area (Å²) in [6, 6.07) is 14.4. The van der Waals surface area contributed by atoms with Gasteiger partial charge in [0.2, 0.25) is 0 Å². The van der Waals surface area contributed by atoms with Crippen molar-refractivity contribution in [2.45, 2.75) is 0 Å². The van der Waals surface area contributed by atoms with Crippen LogP contribution in [0.15, 0.2) is 58.1 Å². The molecule has 0 aliphatic rings. The van der Waals surface area contributed by atoms with Gasteiger partial charge in [-0.25, -0.2) is 5.43 Å². The second kappa shape index (κ2) is 6.03. The van der Waals surface area contributed by atoms with Crippen molar-refractivity contribution < 1.29 is 9.90 Å². The number of carbonyl (C=O) groups excluding carboxylic acids is 1. The molecule has 3 rings (SSSR count). The van der Waals surface area contributed by atoms with Crippen LogP contribution >= 0.6 is 15.9 Å². The molecule has 0 aliphatic carbocycles. The van der Waals surface area contributed by atoms with Gasteiger partial charge in [0.1, 0.15) is 5.75 Å². The summed E-state index contributed by atoms with van der Waals surface area (Å²) in [5.41, 5.74) is 4.32. The Morgan fingerprint density at radius 3 is 2.86 bits per heavy atom. The number of rotatable bonds is 3. The second-order valence-electron chi connectivity index (χ2n) is 4.67. The molecule has 22 heavy (non-hydrogen) atoms. The summed E-state index contributed by atoms with van der Waals surface area (Å²) in [6.45, 7) is 0. The number of amides is 1. The highest BCUT2D eigenvalue weighted by atomic mass is 79.9. The lowest BCUT2D eigenvalue weighted by Crippen LogP contribution is -2.17. The number of hydrogen-bond donors (Lipinski definition) is 3. The van der Waals surface area contributed by atoms with Crippen LogP contribution < -0.4 is 5.43 Å². The van der Waals surface area contributed by atoms with Gasteiger partial charge in [0, 0.05) is 15.4 Å². The van der Waals surface area contributed by atoms with Gasteiger partial charge in [-0.3, -0.25) is 4.79 Å². The zero-order valence-corrected chi connectivity index (χ0v) is 13.0. The molecular formula is C16H12BrN3O2. The molecular weight excluding hydrogens is 346 g/mol. The molecule has 0 fully saturated rings. The van der Waals surface area contributed by atoms with Crippen molar-refractivity contribution in [3.63, 3.8) is 0 Å². The molecule has 2 aromatic carbocycles. The first-order chi connectivity index (χ1) is 10.6. The number of hydrazone groups is 1. The highest BCUT2D eigenvalue weighted by molar-refractivity contribution is 9.10. The molecule has 110 valence electrons. The number of nitrogens with zero attached hydrogens (tertiary/aromatic N) is 1. The third kappa shape index (κ3) is 3.01. The van der Waals surface area contributed by atoms with Crippen molar-refractivity contribution in [3.8, 4) is 5.75 Å². The molecule has 0 saturated heterocycles. The van der Waals surface area contributed by atoms with Gasteiger partial charge in [-0.1, -0.05) is 34.1 Å². The van der Waals surface area contributed by atoms with Crippen LogP contribution in [0, 0.1) is 0 Å². The van der Waals surface area contributed by atoms with E-state index in [9.17, 15) is 9.90 Å². The standard InChI is InChI=1S/C16H12BrN3O2/c17-11-5-6-15(21)13(8-11)16(22)20-18-9-12-7-10-3-1-2-4-14(10)19-12/h1-9,19,21H,(H,20,22)/b18-9+. The van der Waals surface area contributed by atoms with Gasteiger partial charge in [0.05, 0.1) is 17.5 Å². The zero-order chi connectivity index (χ0) is 15.5. The number of nitrogens with one attached hydrogen (secondary N) is 2. The highest BCUT2D eigenvalue weighted by Crippen LogP contribution is 2.21. The first kappa shape index (κ1) is 14.3. The minimum absolute atomic E-state index is 0.0958. The van der Waals surface area contributed by atoms with Gasteiger partial charge >= 0.3 is 0 Å². The maximum Gasteiger partial charge on any atom is 0.275 e. The van der Waals surface area contributed by atoms with Crippen LogP contribution in [0.3, 0.4) is 0 Å². The molecule has 0 saturated carbocycles. The fourth-order valence-electron chi connectivity index (χ4n) is 2.08. The van der Waals surface area contributed by atoms with Crippen LogP contribution in [0.4, 0.5) is 0 Å². The average molecular weight is 358 g/mol. The van der Waals surface area contributed by atoms with E-state index >= 15 is 0 Å². The van der Waals surface area contributed by atoms with E-state index in [1.54, 1.807) is 6.07 Å². The van der Waals surface area contributed by atoms with Gasteiger partial charge in [-0.2, -0.15) is 5.10 Å². The van der Waals surface area contributed by atoms with Gasteiger partial charge in [0.25, 0.3) is 5.91 Å². The van der Waals surface area contributed by atoms with E-state index < -0.39 is 5.91 Å². The Morgan fingerprint density at radius 2 is 2.05 bits per heavy atom. The molecule has 1 heterocycles. The third-order valence-electron chi connectivity index (χ3n) is 3.12. The van der Waals surface area contributed by atoms with E-state index in [0.29, 0.717) is 4.47 Å². The van der Waals surface area contributed by atoms with Crippen molar-refractivity contribution in [2.75, 3.05) is 0 Å². The number of phenols is 1. The lowest BCUT2D eigenvalue weighted by Gasteiger charge is -2.03. The fraction of sp³-hybridized carbons (Fsp3) is 0. The Kier molecular flexibility index (Phi) is 3.93. The molecule has 0 radical (unpaired) electrons. The summed E-state index contributed by atoms with van der Waals surface area (Å²) in [5.74, 6) is -0.576. The Morgan fingerprint density at radius 1 is 1.23 bits per heavy atom. The largest absolute Gasteiger partial charge is 0.507 e. The number of phenolic OH excluding ortho intramolecular Hbond substituents is 1. The molecule has 0 bridgehead atoms. The van der Waals surface area contributed by atoms with Gasteiger partial charge in [0.15, 0.2) is 0 Å². The van der Waals surface area contributed by atoms with Gasteiger partial charge in [-0.05, 0) is 30.3 Å². The molecule has 3 aromatic rings. The molecule has 1 amide bonds. The molecule has 1 aromatic heterocycles. The van der Waals surface area contributed by atoms with E-state index in [-0.39, 0.29) is 11.3 Å². The summed E-state index contributed by atoms with van der Waals surface area (Å²) < 4.78 is 0.704. The zero-order valence-electron chi connectivity index (χ0n) is 11.4. The quantitative estimate of drug-likeness (QED) is 0.496. The van der Waals surface area contributed by atoms with E-state index in [1.807, 2.05) is 30.3 Å². The van der Waals surface area contributed by atoms with Crippen molar-refractivity contribution in [1.29, 1.82) is 0 Å². The second-order valence-corrected chi connectivity index (χ2v) is 5.59. The molecule has 5 nitrogen and oxygen atoms in total. The number of H-pyrrole nitrogens is 1. The van der Waals surface area contributed by atoms with Crippen LogP contribution in [-0.2, 0) is 0 Å². The number of aromatic amines is 1. The molecule has 0 spiro atoms. The Hall–Kier alpha value is -2.60. The SMILES string of the molecule is O=C(N/N=C/c1cc2ccccc2[nH]1)c1cc(Br)ccc1O. The number of aromatic nitrogens is 1. The highest BCUT2D eigenvalue weighted by Gasteiger charge is 2.10. The minimum Gasteiger partial charge on any atom is -0.507 e. The monoisotopic (exact) mass is 357 g/mol. The first-order valence-corrected chi connectivity index (χ1v) is 7.32. The first-order valence-electron chi connectivity index (χ1n) is 6.53. The maximum atomic E-state index is 12.0. The van der Waals surface area contributed by atoms with Gasteiger partial charge in [-0.15, -0.1) is 0 Å². The van der Waals surface area contributed by atoms with E-state index in [1.165, 1.54) is 18.3 Å². The lowest BCUT2D eigenvalue weighted by molar-refractivity contribution is 0.0952. The predicted octanol–water partition coefficient (Wildman–Crippen LogP) is 3.40. The van der Waals surface area contributed by atoms with Crippen LogP contribution in [0.25, 0.3) is 10.9 Å². The van der Waals surface area contributed by atoms with E-state index in [0.717, 1.165) is 16.6 Å². The molecule has 0 atom stereocenters. The van der Waals surface area contributed by atoms with E-state index in [4.69, 9.17) is 0 Å². The lowest BCUT2D eigenvalue weighted by atomic mass is 10.2. The Labute approximate surface area is 134 Å². The van der Waals surface area contributed by atoms with Crippen molar-refractivity contribution >= 4 is 39.0 Å². The summed E-state index contributed by atoms with van der Waals surface area (Å²) in [6.07, 6.45) is 1.52. The topological polar surface area (TPSA) is 77.5 Å². The van der Waals surface area contributed by atoms with Crippen molar-refractivity contribution in [1.82, 2.24) is 10.4 Å². The van der Waals surface area contributed by atoms with Crippen LogP contribution in [0.5, 0.6) is 5.75 Å². The molecule has 0 unspecified atom stereocenters. The van der Waals surface area contributed by atoms with E-state index in [2.05, 4.69) is 31.4 Å². The summed E-state index contributed by atoms with van der Waals surface area (Å²) in [5, 5.41) is 14.6. The number of para-hydroxylation sites is 1. The van der Waals surface area contributed by atoms with Gasteiger partial charge < -0.3 is 10.1 Å². The number of fused-ring (bicyclic) bond motifs is 1. The normalized spacial score (nSPS) is 11.1. The number of halogens is 1. The summed E-state index contributed by atoms with van der Waals surface area (Å²) in [4.78, 5) is 15.1. The molecule has 3 N–H and O–H groups in total. The van der Waals surface area contributed by atoms with Crippen molar-refractivity contribution in [3.05, 3.63) is 64.3 Å². The molecule has 6 heteroatoms. The summed E-state index contributed by atoms with van der Waals surface area (Å²) >= 11 is 3.25. The maximum absolute atomic E-state index is 12.0. The number of benzene rings is 2. The van der Waals surface area contributed by atoms with Crippen LogP contribution in [0.1, 0.15) is 16.1 Å². The number of aromatic hydroxyl groups is 1. The Balaban J connectivity index is 1.73.